The summed E-state index contributed by atoms with van der Waals surface area (Å²) in [5, 5.41) is 0. The van der Waals surface area contributed by atoms with Crippen LogP contribution in [0.3, 0.4) is 0 Å². The van der Waals surface area contributed by atoms with E-state index in [1.165, 1.54) is 12.8 Å². The molecule has 0 aromatic rings. The first-order chi connectivity index (χ1) is 3.91. The first-order valence-electron chi connectivity index (χ1n) is 2.90. The molecule has 0 bridgehead atoms. The van der Waals surface area contributed by atoms with Gasteiger partial charge in [0.1, 0.15) is 6.61 Å². The molecule has 0 radical (unpaired) electrons. The van der Waals surface area contributed by atoms with Crippen molar-refractivity contribution in [1.82, 2.24) is 0 Å². The molecule has 0 aliphatic heterocycles. The summed E-state index contributed by atoms with van der Waals surface area (Å²) in [7, 11) is -0.581. The summed E-state index contributed by atoms with van der Waals surface area (Å²) < 4.78 is 14.3. The third-order valence-corrected chi connectivity index (χ3v) is 1.23. The van der Waals surface area contributed by atoms with E-state index in [-0.39, 0.29) is 31.0 Å². The van der Waals surface area contributed by atoms with Crippen LogP contribution in [0.4, 0.5) is 0 Å². The van der Waals surface area contributed by atoms with Crippen molar-refractivity contribution in [3.05, 3.63) is 0 Å². The maximum absolute atomic E-state index is 9.70. The summed E-state index contributed by atoms with van der Waals surface area (Å²) >= 11 is 0. The summed E-state index contributed by atoms with van der Waals surface area (Å²) in [5.41, 5.74) is 0. The van der Waals surface area contributed by atoms with Gasteiger partial charge in [0, 0.05) is 0 Å². The number of hydrogen-bond acceptors (Lipinski definition) is 2. The van der Waals surface area contributed by atoms with Gasteiger partial charge >= 0.3 is 38.2 Å². The molecule has 0 rings (SSSR count). The summed E-state index contributed by atoms with van der Waals surface area (Å²) in [6.45, 7) is 2.77. The second kappa shape index (κ2) is 11.8. The number of unbranched alkanes of at least 4 members (excludes halogenated alkanes) is 2. The smallest absolute Gasteiger partial charge is 1.00 e. The SMILES string of the molecule is CCCCCO[PH+]=O.[H-].[Na+]. The first kappa shape index (κ1) is 12.7. The van der Waals surface area contributed by atoms with Crippen LogP contribution in [0.5, 0.6) is 0 Å². The molecule has 0 saturated carbocycles. The molecule has 0 heterocycles. The maximum atomic E-state index is 9.70. The normalized spacial score (nSPS) is 9.00. The molecule has 0 aliphatic rings. The predicted octanol–water partition coefficient (Wildman–Crippen LogP) is -0.751. The van der Waals surface area contributed by atoms with E-state index in [0.717, 1.165) is 6.42 Å². The fourth-order valence-corrected chi connectivity index (χ4v) is 0.694. The van der Waals surface area contributed by atoms with Crippen molar-refractivity contribution in [1.29, 1.82) is 0 Å². The van der Waals surface area contributed by atoms with Crippen LogP contribution in [-0.2, 0) is 9.09 Å². The third-order valence-electron chi connectivity index (χ3n) is 0.909. The summed E-state index contributed by atoms with van der Waals surface area (Å²) in [5.74, 6) is 0. The Hall–Kier alpha value is 1.06. The van der Waals surface area contributed by atoms with E-state index in [1.807, 2.05) is 0 Å². The van der Waals surface area contributed by atoms with Gasteiger partial charge in [-0.25, -0.2) is 0 Å². The molecule has 0 amide bonds. The topological polar surface area (TPSA) is 26.3 Å². The monoisotopic (exact) mass is 159 g/mol. The second-order valence-electron chi connectivity index (χ2n) is 1.64. The molecule has 0 aromatic carbocycles. The fraction of sp³-hybridized carbons (Fsp3) is 1.00. The Labute approximate surface area is 81.4 Å². The van der Waals surface area contributed by atoms with Gasteiger partial charge in [-0.2, -0.15) is 0 Å². The summed E-state index contributed by atoms with van der Waals surface area (Å²) in [4.78, 5) is 0. The molecule has 0 aromatic heterocycles. The van der Waals surface area contributed by atoms with E-state index >= 15 is 0 Å². The quantitative estimate of drug-likeness (QED) is 0.299. The van der Waals surface area contributed by atoms with E-state index in [4.69, 9.17) is 0 Å². The summed E-state index contributed by atoms with van der Waals surface area (Å²) in [6, 6.07) is 0. The molecule has 0 spiro atoms. The molecule has 0 saturated heterocycles. The van der Waals surface area contributed by atoms with Crippen molar-refractivity contribution in [3.63, 3.8) is 0 Å². The average Bonchev–Trinajstić information content (AvgIpc) is 1.81. The van der Waals surface area contributed by atoms with E-state index < -0.39 is 8.69 Å². The van der Waals surface area contributed by atoms with Gasteiger partial charge in [-0.1, -0.05) is 19.8 Å². The van der Waals surface area contributed by atoms with Crippen LogP contribution in [0.15, 0.2) is 0 Å². The van der Waals surface area contributed by atoms with Crippen molar-refractivity contribution >= 4 is 8.69 Å². The van der Waals surface area contributed by atoms with E-state index in [1.54, 1.807) is 0 Å². The largest absolute Gasteiger partial charge is 1.00 e. The minimum absolute atomic E-state index is 0. The zero-order chi connectivity index (χ0) is 6.24. The van der Waals surface area contributed by atoms with Gasteiger partial charge in [0.25, 0.3) is 0 Å². The van der Waals surface area contributed by atoms with Gasteiger partial charge in [0.05, 0.1) is 0 Å². The van der Waals surface area contributed by atoms with Crippen molar-refractivity contribution in [2.75, 3.05) is 6.61 Å². The Morgan fingerprint density at radius 2 is 2.22 bits per heavy atom. The second-order valence-corrected chi connectivity index (χ2v) is 2.09. The average molecular weight is 159 g/mol. The Balaban J connectivity index is -0.000000245. The molecule has 2 nitrogen and oxygen atoms in total. The Morgan fingerprint density at radius 3 is 2.67 bits per heavy atom. The van der Waals surface area contributed by atoms with Crippen LogP contribution in [0.1, 0.15) is 27.6 Å². The Morgan fingerprint density at radius 1 is 1.56 bits per heavy atom. The molecule has 50 valence electrons. The zero-order valence-corrected chi connectivity index (χ0v) is 9.14. The van der Waals surface area contributed by atoms with E-state index in [2.05, 4.69) is 11.4 Å². The Bertz CT molecular complexity index is 65.6. The molecule has 0 fully saturated rings. The van der Waals surface area contributed by atoms with Crippen molar-refractivity contribution in [3.8, 4) is 0 Å². The molecular formula is C5H13NaO2P+. The van der Waals surface area contributed by atoms with Crippen molar-refractivity contribution in [2.45, 2.75) is 26.2 Å². The van der Waals surface area contributed by atoms with Gasteiger partial charge in [-0.15, -0.1) is 4.52 Å². The molecule has 1 unspecified atom stereocenters. The third kappa shape index (κ3) is 12.3. The van der Waals surface area contributed by atoms with Crippen LogP contribution in [-0.4, -0.2) is 6.61 Å². The van der Waals surface area contributed by atoms with Gasteiger partial charge in [-0.3, -0.25) is 0 Å². The summed E-state index contributed by atoms with van der Waals surface area (Å²) in [6.07, 6.45) is 3.39. The maximum Gasteiger partial charge on any atom is 1.00 e. The first-order valence-corrected chi connectivity index (χ1v) is 3.72. The van der Waals surface area contributed by atoms with Crippen molar-refractivity contribution in [2.24, 2.45) is 0 Å². The molecular weight excluding hydrogens is 146 g/mol. The van der Waals surface area contributed by atoms with E-state index in [0.29, 0.717) is 6.61 Å². The zero-order valence-electron chi connectivity index (χ0n) is 7.14. The van der Waals surface area contributed by atoms with Gasteiger partial charge < -0.3 is 1.43 Å². The molecule has 1 atom stereocenters. The van der Waals surface area contributed by atoms with Gasteiger partial charge in [0.2, 0.25) is 0 Å². The molecule has 0 N–H and O–H groups in total. The van der Waals surface area contributed by atoms with Crippen LogP contribution in [0, 0.1) is 0 Å². The van der Waals surface area contributed by atoms with Crippen LogP contribution >= 0.6 is 8.69 Å². The van der Waals surface area contributed by atoms with Gasteiger partial charge in [0.15, 0.2) is 0 Å². The molecule has 9 heavy (non-hydrogen) atoms. The Kier molecular flexibility index (Phi) is 16.7. The van der Waals surface area contributed by atoms with Crippen LogP contribution < -0.4 is 29.6 Å². The minimum Gasteiger partial charge on any atom is -1.00 e. The van der Waals surface area contributed by atoms with E-state index in [9.17, 15) is 4.57 Å². The minimum atomic E-state index is -0.581. The van der Waals surface area contributed by atoms with Crippen LogP contribution in [0.25, 0.3) is 0 Å². The number of hydrogen-bond donors (Lipinski definition) is 0. The predicted molar refractivity (Wildman–Crippen MR) is 35.6 cm³/mol. The molecule has 0 aliphatic carbocycles. The van der Waals surface area contributed by atoms with Crippen molar-refractivity contribution < 1.29 is 40.1 Å². The fourth-order valence-electron chi connectivity index (χ4n) is 0.466. The molecule has 4 heteroatoms. The van der Waals surface area contributed by atoms with Gasteiger partial charge in [-0.05, 0) is 11.0 Å². The number of rotatable bonds is 5. The standard InChI is InChI=1S/C5H12O2P.Na.H/c1-2-3-4-5-7-8-6;;/h8H,2-5H2,1H3;;/q2*+1;-1. The van der Waals surface area contributed by atoms with Crippen LogP contribution in [0.2, 0.25) is 0 Å².